The van der Waals surface area contributed by atoms with Crippen LogP contribution in [0, 0.1) is 0 Å². The van der Waals surface area contributed by atoms with Gasteiger partial charge in [0.25, 0.3) is 0 Å². The Bertz CT molecular complexity index is 1880. The second kappa shape index (κ2) is 13.4. The minimum atomic E-state index is -4.41. The number of fused-ring (bicyclic) bond motifs is 2. The first-order valence-electron chi connectivity index (χ1n) is 16.7. The number of nitrogens with two attached hydrogens (primary N) is 1. The molecule has 7 rings (SSSR count). The van der Waals surface area contributed by atoms with Crippen molar-refractivity contribution >= 4 is 47.4 Å². The van der Waals surface area contributed by atoms with Crippen molar-refractivity contribution in [3.63, 3.8) is 0 Å². The molecule has 3 aliphatic rings. The van der Waals surface area contributed by atoms with Crippen LogP contribution in [-0.2, 0) is 23.4 Å². The Morgan fingerprint density at radius 2 is 1.92 bits per heavy atom. The summed E-state index contributed by atoms with van der Waals surface area (Å²) in [5, 5.41) is 15.6. The van der Waals surface area contributed by atoms with Gasteiger partial charge >= 0.3 is 13.7 Å². The molecule has 2 aromatic carbocycles. The highest BCUT2D eigenvalue weighted by Gasteiger charge is 2.55. The van der Waals surface area contributed by atoms with Crippen molar-refractivity contribution in [3.8, 4) is 5.75 Å². The standard InChI is InChI=1S/C33H41FN7O7P/c1-20(30(42)46-22-12-4-3-5-13-22)39-49(44,48-24-15-8-11-21-10-6-7-14-23(21)24)45-18-25-27(34)33(2,43)31(47-25)41-19-36-26-28(40-16-9-17-40)37-32(35)38-29(26)41/h6-8,10-11,14-15,19-20,22,25,27,31,43H,3-5,9,12-13,16-18H2,1-2H3,(H,39,44)(H2,35,37,38)/t20-,25+,27+,31?,33+,49?/m0/s1. The summed E-state index contributed by atoms with van der Waals surface area (Å²) in [5.41, 5.74) is 4.65. The molecule has 49 heavy (non-hydrogen) atoms. The summed E-state index contributed by atoms with van der Waals surface area (Å²) in [6.45, 7) is 3.77. The predicted octanol–water partition coefficient (Wildman–Crippen LogP) is 4.82. The van der Waals surface area contributed by atoms with E-state index in [1.807, 2.05) is 29.2 Å². The molecule has 1 saturated carbocycles. The van der Waals surface area contributed by atoms with Crippen LogP contribution >= 0.6 is 7.75 Å². The van der Waals surface area contributed by atoms with E-state index in [0.717, 1.165) is 57.0 Å². The van der Waals surface area contributed by atoms with Crippen LogP contribution in [-0.4, -0.2) is 80.3 Å². The molecular weight excluding hydrogens is 656 g/mol. The molecule has 0 bridgehead atoms. The van der Waals surface area contributed by atoms with Gasteiger partial charge in [0, 0.05) is 18.5 Å². The van der Waals surface area contributed by atoms with E-state index in [0.29, 0.717) is 16.7 Å². The molecule has 0 spiro atoms. The molecule has 2 aromatic heterocycles. The van der Waals surface area contributed by atoms with E-state index in [9.17, 15) is 14.5 Å². The van der Waals surface area contributed by atoms with Gasteiger partial charge < -0.3 is 29.7 Å². The highest BCUT2D eigenvalue weighted by Crippen LogP contribution is 2.49. The molecule has 1 aliphatic carbocycles. The Morgan fingerprint density at radius 3 is 2.67 bits per heavy atom. The molecule has 14 nitrogen and oxygen atoms in total. The fourth-order valence-corrected chi connectivity index (χ4v) is 8.12. The third-order valence-corrected chi connectivity index (χ3v) is 11.1. The molecule has 0 amide bonds. The van der Waals surface area contributed by atoms with Gasteiger partial charge in [0.15, 0.2) is 29.4 Å². The number of alkyl halides is 1. The summed E-state index contributed by atoms with van der Waals surface area (Å²) in [7, 11) is -4.41. The molecule has 4 aromatic rings. The SMILES string of the molecule is C[C@H](NP(=O)(OC[C@H]1OC(n2cnc3c(N4CCC4)nc(N)nc32)[C@](C)(O)[C@@H]1F)Oc1cccc2ccccc12)C(=O)OC1CCCCC1. The summed E-state index contributed by atoms with van der Waals surface area (Å²) in [6.07, 6.45) is 2.05. The first kappa shape index (κ1) is 33.6. The van der Waals surface area contributed by atoms with E-state index in [1.54, 1.807) is 18.2 Å². The van der Waals surface area contributed by atoms with E-state index >= 15 is 4.39 Å². The van der Waals surface area contributed by atoms with Crippen LogP contribution in [0.25, 0.3) is 21.9 Å². The zero-order chi connectivity index (χ0) is 34.3. The average Bonchev–Trinajstić information content (AvgIpc) is 3.56. The van der Waals surface area contributed by atoms with Crippen molar-refractivity contribution in [1.82, 2.24) is 24.6 Å². The number of nitrogen functional groups attached to an aromatic ring is 1. The summed E-state index contributed by atoms with van der Waals surface area (Å²) in [6, 6.07) is 11.5. The van der Waals surface area contributed by atoms with Gasteiger partial charge in [0.1, 0.15) is 29.6 Å². The molecule has 16 heteroatoms. The second-order valence-corrected chi connectivity index (χ2v) is 14.8. The van der Waals surface area contributed by atoms with Gasteiger partial charge in [-0.3, -0.25) is 13.9 Å². The van der Waals surface area contributed by atoms with Gasteiger partial charge in [-0.25, -0.2) is 13.9 Å². The highest BCUT2D eigenvalue weighted by atomic mass is 31.2. The first-order chi connectivity index (χ1) is 23.5. The third kappa shape index (κ3) is 6.70. The maximum Gasteiger partial charge on any atom is 0.459 e. The molecule has 2 aliphatic heterocycles. The second-order valence-electron chi connectivity index (χ2n) is 13.1. The maximum absolute atomic E-state index is 16.0. The maximum atomic E-state index is 16.0. The fourth-order valence-electron chi connectivity index (χ4n) is 6.60. The van der Waals surface area contributed by atoms with Crippen molar-refractivity contribution in [2.75, 3.05) is 30.3 Å². The lowest BCUT2D eigenvalue weighted by molar-refractivity contribution is -0.152. The Labute approximate surface area is 282 Å². The van der Waals surface area contributed by atoms with Gasteiger partial charge in [0.2, 0.25) is 5.95 Å². The topological polar surface area (TPSA) is 176 Å². The number of esters is 1. The van der Waals surface area contributed by atoms with E-state index in [2.05, 4.69) is 20.0 Å². The monoisotopic (exact) mass is 697 g/mol. The lowest BCUT2D eigenvalue weighted by atomic mass is 9.98. The number of rotatable bonds is 11. The number of hydrogen-bond donors (Lipinski definition) is 3. The van der Waals surface area contributed by atoms with E-state index in [-0.39, 0.29) is 23.4 Å². The Balaban J connectivity index is 1.13. The van der Waals surface area contributed by atoms with Gasteiger partial charge in [-0.2, -0.15) is 15.1 Å². The normalized spacial score (nSPS) is 26.4. The number of imidazole rings is 1. The fraction of sp³-hybridized carbons (Fsp3) is 0.515. The smallest absolute Gasteiger partial charge is 0.459 e. The van der Waals surface area contributed by atoms with E-state index in [1.165, 1.54) is 24.7 Å². The molecule has 0 radical (unpaired) electrons. The summed E-state index contributed by atoms with van der Waals surface area (Å²) in [4.78, 5) is 28.2. The predicted molar refractivity (Wildman–Crippen MR) is 180 cm³/mol. The number of aliphatic hydroxyl groups is 1. The summed E-state index contributed by atoms with van der Waals surface area (Å²) in [5.74, 6) is 0.178. The number of carbonyl (C=O) groups excluding carboxylic acids is 1. The zero-order valence-corrected chi connectivity index (χ0v) is 28.3. The number of nitrogens with one attached hydrogen (secondary N) is 1. The molecule has 4 heterocycles. The van der Waals surface area contributed by atoms with Crippen molar-refractivity contribution in [2.24, 2.45) is 0 Å². The van der Waals surface area contributed by atoms with Crippen molar-refractivity contribution in [3.05, 3.63) is 48.8 Å². The molecule has 4 N–H and O–H groups in total. The number of benzene rings is 2. The number of nitrogens with zero attached hydrogens (tertiary/aromatic N) is 5. The summed E-state index contributed by atoms with van der Waals surface area (Å²) >= 11 is 0. The molecule has 3 fully saturated rings. The number of carbonyl (C=O) groups is 1. The Kier molecular flexibility index (Phi) is 9.22. The number of anilines is 2. The lowest BCUT2D eigenvalue weighted by Gasteiger charge is -2.32. The van der Waals surface area contributed by atoms with Crippen LogP contribution < -0.4 is 20.2 Å². The minimum absolute atomic E-state index is 0.000738. The van der Waals surface area contributed by atoms with Crippen LogP contribution in [0.4, 0.5) is 16.2 Å². The van der Waals surface area contributed by atoms with Gasteiger partial charge in [0.05, 0.1) is 12.9 Å². The zero-order valence-electron chi connectivity index (χ0n) is 27.4. The van der Waals surface area contributed by atoms with E-state index in [4.69, 9.17) is 24.3 Å². The number of hydrogen-bond acceptors (Lipinski definition) is 12. The molecule has 2 unspecified atom stereocenters. The first-order valence-corrected chi connectivity index (χ1v) is 18.2. The Morgan fingerprint density at radius 1 is 1.16 bits per heavy atom. The van der Waals surface area contributed by atoms with E-state index < -0.39 is 50.5 Å². The molecular formula is C33H41FN7O7P. The number of halogens is 1. The van der Waals surface area contributed by atoms with Crippen molar-refractivity contribution in [2.45, 2.75) is 88.6 Å². The molecule has 262 valence electrons. The quantitative estimate of drug-likeness (QED) is 0.144. The average molecular weight is 698 g/mol. The van der Waals surface area contributed by atoms with Crippen molar-refractivity contribution < 1.29 is 37.4 Å². The summed E-state index contributed by atoms with van der Waals surface area (Å²) < 4.78 is 55.5. The van der Waals surface area contributed by atoms with Crippen LogP contribution in [0.3, 0.4) is 0 Å². The van der Waals surface area contributed by atoms with Crippen LogP contribution in [0.2, 0.25) is 0 Å². The largest absolute Gasteiger partial charge is 0.461 e. The number of ether oxygens (including phenoxy) is 2. The third-order valence-electron chi connectivity index (χ3n) is 9.43. The lowest BCUT2D eigenvalue weighted by Crippen LogP contribution is -2.42. The highest BCUT2D eigenvalue weighted by molar-refractivity contribution is 7.52. The van der Waals surface area contributed by atoms with Crippen LogP contribution in [0.1, 0.15) is 58.6 Å². The number of aromatic nitrogens is 4. The van der Waals surface area contributed by atoms with Crippen molar-refractivity contribution in [1.29, 1.82) is 0 Å². The molecule has 6 atom stereocenters. The molecule has 2 saturated heterocycles. The van der Waals surface area contributed by atoms with Gasteiger partial charge in [-0.1, -0.05) is 42.8 Å². The minimum Gasteiger partial charge on any atom is -0.461 e. The van der Waals surface area contributed by atoms with Gasteiger partial charge in [-0.05, 0) is 57.4 Å². The van der Waals surface area contributed by atoms with Gasteiger partial charge in [-0.15, -0.1) is 0 Å². The van der Waals surface area contributed by atoms with Crippen LogP contribution in [0.5, 0.6) is 5.75 Å². The van der Waals surface area contributed by atoms with Crippen LogP contribution in [0.15, 0.2) is 48.8 Å². The Hall–Kier alpha value is -3.88.